The van der Waals surface area contributed by atoms with Crippen molar-refractivity contribution in [1.29, 1.82) is 0 Å². The molecule has 2 aliphatic rings. The van der Waals surface area contributed by atoms with E-state index in [0.717, 1.165) is 17.1 Å². The highest BCUT2D eigenvalue weighted by molar-refractivity contribution is 7.98. The zero-order valence-corrected chi connectivity index (χ0v) is 31.5. The van der Waals surface area contributed by atoms with E-state index in [1.165, 1.54) is 11.8 Å². The van der Waals surface area contributed by atoms with Gasteiger partial charge in [-0.1, -0.05) is 20.3 Å². The van der Waals surface area contributed by atoms with E-state index in [9.17, 15) is 53.7 Å². The summed E-state index contributed by atoms with van der Waals surface area (Å²) < 4.78 is 0. The van der Waals surface area contributed by atoms with Gasteiger partial charge in [0.25, 0.3) is 11.8 Å². The van der Waals surface area contributed by atoms with Gasteiger partial charge in [-0.05, 0) is 24.3 Å². The maximum atomic E-state index is 13.6. The lowest BCUT2D eigenvalue weighted by Gasteiger charge is -2.33. The Morgan fingerprint density at radius 2 is 1.15 bits per heavy atom. The molecule has 20 heteroatoms. The van der Waals surface area contributed by atoms with Crippen molar-refractivity contribution in [3.8, 4) is 0 Å². The van der Waals surface area contributed by atoms with Crippen LogP contribution in [0.25, 0.3) is 0 Å². The van der Waals surface area contributed by atoms with Crippen molar-refractivity contribution < 1.29 is 53.7 Å². The number of nitrogens with one attached hydrogen (secondary N) is 3. The predicted molar refractivity (Wildman–Crippen MR) is 194 cm³/mol. The van der Waals surface area contributed by atoms with Gasteiger partial charge in [0.05, 0.1) is 26.2 Å². The van der Waals surface area contributed by atoms with Gasteiger partial charge in [0, 0.05) is 77.6 Å². The summed E-state index contributed by atoms with van der Waals surface area (Å²) in [6.45, 7) is 4.33. The fourth-order valence-electron chi connectivity index (χ4n) is 5.74. The number of carboxylic acid groups (broad SMARTS) is 3. The van der Waals surface area contributed by atoms with E-state index in [0.29, 0.717) is 12.2 Å². The zero-order chi connectivity index (χ0) is 39.5. The number of hydrogen-bond donors (Lipinski definition) is 6. The van der Waals surface area contributed by atoms with Crippen LogP contribution < -0.4 is 16.0 Å². The molecule has 0 aromatic rings. The third-order valence-electron chi connectivity index (χ3n) is 8.96. The summed E-state index contributed by atoms with van der Waals surface area (Å²) in [5.74, 6) is -5.51. The number of carbonyl (C=O) groups excluding carboxylic acids is 5. The van der Waals surface area contributed by atoms with Gasteiger partial charge in [-0.2, -0.15) is 11.8 Å². The number of nitrogens with zero attached hydrogens (tertiary/aromatic N) is 5. The fourth-order valence-corrected chi connectivity index (χ4v) is 6.21. The Labute approximate surface area is 313 Å². The van der Waals surface area contributed by atoms with Crippen molar-refractivity contribution >= 4 is 59.2 Å². The molecule has 0 aromatic heterocycles. The minimum Gasteiger partial charge on any atom is -0.480 e. The number of amides is 5. The van der Waals surface area contributed by atoms with E-state index in [1.807, 2.05) is 13.2 Å². The molecule has 6 N–H and O–H groups in total. The van der Waals surface area contributed by atoms with Crippen molar-refractivity contribution in [2.45, 2.75) is 38.8 Å². The van der Waals surface area contributed by atoms with Crippen LogP contribution in [0.2, 0.25) is 0 Å². The monoisotopic (exact) mass is 770 g/mol. The Morgan fingerprint density at radius 1 is 0.717 bits per heavy atom. The van der Waals surface area contributed by atoms with Gasteiger partial charge in [0.2, 0.25) is 17.7 Å². The van der Waals surface area contributed by atoms with Gasteiger partial charge in [0.15, 0.2) is 0 Å². The highest BCUT2D eigenvalue weighted by atomic mass is 32.2. The largest absolute Gasteiger partial charge is 0.480 e. The molecule has 2 heterocycles. The highest BCUT2D eigenvalue weighted by Gasteiger charge is 2.31. The molecular formula is C33H54N8O11S. The van der Waals surface area contributed by atoms with Crippen LogP contribution in [0.5, 0.6) is 0 Å². The van der Waals surface area contributed by atoms with E-state index in [4.69, 9.17) is 0 Å². The number of carbonyl (C=O) groups is 8. The topological polar surface area (TPSA) is 250 Å². The third kappa shape index (κ3) is 17.1. The van der Waals surface area contributed by atoms with Crippen LogP contribution in [-0.4, -0.2) is 203 Å². The molecule has 0 spiro atoms. The van der Waals surface area contributed by atoms with Crippen molar-refractivity contribution in [2.75, 3.05) is 104 Å². The third-order valence-corrected chi connectivity index (χ3v) is 9.61. The zero-order valence-electron chi connectivity index (χ0n) is 30.7. The van der Waals surface area contributed by atoms with Crippen molar-refractivity contribution in [3.05, 3.63) is 12.2 Å². The molecule has 0 aromatic carbocycles. The quantitative estimate of drug-likeness (QED) is 0.0688. The summed E-state index contributed by atoms with van der Waals surface area (Å²) in [6, 6.07) is -1.97. The molecule has 0 unspecified atom stereocenters. The van der Waals surface area contributed by atoms with Crippen LogP contribution in [0, 0.1) is 5.92 Å². The first-order chi connectivity index (χ1) is 25.1. The average molecular weight is 771 g/mol. The second-order valence-electron chi connectivity index (χ2n) is 13.0. The Hall–Kier alpha value is -4.11. The minimum atomic E-state index is -1.07. The lowest BCUT2D eigenvalue weighted by atomic mass is 9.97. The lowest BCUT2D eigenvalue weighted by molar-refractivity contribution is -0.140. The Kier molecular flexibility index (Phi) is 20.0. The van der Waals surface area contributed by atoms with Crippen molar-refractivity contribution in [3.63, 3.8) is 0 Å². The molecule has 2 rings (SSSR count). The maximum Gasteiger partial charge on any atom is 0.317 e. The molecule has 1 saturated heterocycles. The summed E-state index contributed by atoms with van der Waals surface area (Å²) in [5.41, 5.74) is 0. The molecule has 5 amide bonds. The van der Waals surface area contributed by atoms with Crippen molar-refractivity contribution in [1.82, 2.24) is 40.4 Å². The number of hydrogen-bond acceptors (Lipinski definition) is 13. The van der Waals surface area contributed by atoms with Crippen molar-refractivity contribution in [2.24, 2.45) is 5.92 Å². The van der Waals surface area contributed by atoms with E-state index >= 15 is 0 Å². The molecule has 0 aliphatic carbocycles. The Bertz CT molecular complexity index is 1290. The first kappa shape index (κ1) is 45.0. The molecule has 0 radical (unpaired) electrons. The smallest absolute Gasteiger partial charge is 0.317 e. The molecule has 3 atom stereocenters. The fraction of sp³-hybridized carbons (Fsp3) is 0.697. The summed E-state index contributed by atoms with van der Waals surface area (Å²) in [6.07, 6.45) is 4.94. The van der Waals surface area contributed by atoms with E-state index in [2.05, 4.69) is 16.0 Å². The van der Waals surface area contributed by atoms with Gasteiger partial charge in [-0.15, -0.1) is 0 Å². The molecule has 0 bridgehead atoms. The molecule has 1 fully saturated rings. The maximum absolute atomic E-state index is 13.6. The number of aliphatic carboxylic acids is 3. The van der Waals surface area contributed by atoms with Crippen LogP contribution in [0.4, 0.5) is 0 Å². The minimum absolute atomic E-state index is 0.0162. The lowest BCUT2D eigenvalue weighted by Crippen LogP contribution is -2.57. The van der Waals surface area contributed by atoms with E-state index in [-0.39, 0.29) is 104 Å². The van der Waals surface area contributed by atoms with Crippen LogP contribution in [0.3, 0.4) is 0 Å². The highest BCUT2D eigenvalue weighted by Crippen LogP contribution is 2.11. The van der Waals surface area contributed by atoms with Crippen LogP contribution in [0.15, 0.2) is 12.2 Å². The van der Waals surface area contributed by atoms with Gasteiger partial charge in [-0.3, -0.25) is 62.9 Å². The van der Waals surface area contributed by atoms with E-state index in [1.54, 1.807) is 26.5 Å². The molecule has 53 heavy (non-hydrogen) atoms. The number of carboxylic acids is 3. The van der Waals surface area contributed by atoms with Gasteiger partial charge < -0.3 is 31.3 Å². The van der Waals surface area contributed by atoms with Crippen LogP contribution in [0.1, 0.15) is 26.7 Å². The first-order valence-corrected chi connectivity index (χ1v) is 19.0. The molecule has 298 valence electrons. The van der Waals surface area contributed by atoms with Crippen LogP contribution >= 0.6 is 11.8 Å². The number of thioether (sulfide) groups is 1. The first-order valence-electron chi connectivity index (χ1n) is 17.6. The summed E-state index contributed by atoms with van der Waals surface area (Å²) >= 11 is 1.47. The molecule has 2 aliphatic heterocycles. The van der Waals surface area contributed by atoms with Crippen LogP contribution in [-0.2, 0) is 38.4 Å². The van der Waals surface area contributed by atoms with Gasteiger partial charge in [-0.25, -0.2) is 0 Å². The molecule has 0 saturated carbocycles. The summed E-state index contributed by atoms with van der Waals surface area (Å²) in [5, 5.41) is 36.6. The summed E-state index contributed by atoms with van der Waals surface area (Å²) in [7, 11) is 0. The second-order valence-corrected chi connectivity index (χ2v) is 14.0. The average Bonchev–Trinajstić information content (AvgIpc) is 3.41. The van der Waals surface area contributed by atoms with E-state index < -0.39 is 59.5 Å². The molecular weight excluding hydrogens is 716 g/mol. The van der Waals surface area contributed by atoms with Gasteiger partial charge >= 0.3 is 17.9 Å². The predicted octanol–water partition coefficient (Wildman–Crippen LogP) is -2.73. The summed E-state index contributed by atoms with van der Waals surface area (Å²) in [4.78, 5) is 106. The normalized spacial score (nSPS) is 18.7. The Balaban J connectivity index is 2.15. The SMILES string of the molecule is CC[C@H](C)[C@H](NC(=O)[C@H](CCSC)NC(=O)CN1CCN(CC(=O)O)CCN(CC(=O)O)CCN(CC(=O)O)CC1)C(=O)NCCN1C(=O)C=CC1=O. The second kappa shape index (κ2) is 23.5. The molecule has 19 nitrogen and oxygen atoms in total. The standard InChI is InChI=1S/C33H54N8O11S/c1-4-23(2)31(33(52)34-8-9-41-26(43)5-6-27(41)44)36-32(51)24(7-18-53-3)35-25(42)19-37-10-12-38(20-28(45)46)14-16-40(22-30(49)50)17-15-39(13-11-37)21-29(47)48/h5-6,23-24,31H,4,7-22H2,1-3H3,(H,34,52)(H,35,42)(H,36,51)(H,45,46)(H,47,48)(H,49,50)/t23-,24-,31-/m0/s1. The Morgan fingerprint density at radius 3 is 1.55 bits per heavy atom. The van der Waals surface area contributed by atoms with Gasteiger partial charge in [0.1, 0.15) is 12.1 Å². The number of rotatable bonds is 20. The number of imide groups is 1.